The molecule has 0 saturated heterocycles. The number of ether oxygens (including phenoxy) is 1. The highest BCUT2D eigenvalue weighted by Gasteiger charge is 2.20. The number of hydrogen-bond acceptors (Lipinski definition) is 4. The van der Waals surface area contributed by atoms with E-state index in [2.05, 4.69) is 24.1 Å². The molecule has 1 aromatic heterocycles. The van der Waals surface area contributed by atoms with E-state index in [0.29, 0.717) is 36.1 Å². The number of aryl methyl sites for hydroxylation is 1. The van der Waals surface area contributed by atoms with Crippen molar-refractivity contribution in [3.8, 4) is 6.07 Å². The summed E-state index contributed by atoms with van der Waals surface area (Å²) in [6.45, 7) is 6.17. The summed E-state index contributed by atoms with van der Waals surface area (Å²) in [7, 11) is 0. The first kappa shape index (κ1) is 18.0. The van der Waals surface area contributed by atoms with E-state index in [9.17, 15) is 9.59 Å². The summed E-state index contributed by atoms with van der Waals surface area (Å²) < 4.78 is 5.42. The van der Waals surface area contributed by atoms with Gasteiger partial charge in [-0.05, 0) is 56.1 Å². The third-order valence-electron chi connectivity index (χ3n) is 4.88. The molecule has 1 N–H and O–H groups in total. The van der Waals surface area contributed by atoms with Gasteiger partial charge in [-0.25, -0.2) is 0 Å². The van der Waals surface area contributed by atoms with Crippen LogP contribution in [-0.4, -0.2) is 17.6 Å². The van der Waals surface area contributed by atoms with Crippen molar-refractivity contribution in [1.29, 1.82) is 5.26 Å². The first-order valence-electron chi connectivity index (χ1n) is 8.37. The summed E-state index contributed by atoms with van der Waals surface area (Å²) in [6, 6.07) is 1.93. The van der Waals surface area contributed by atoms with Gasteiger partial charge in [0.1, 0.15) is 11.6 Å². The van der Waals surface area contributed by atoms with Gasteiger partial charge in [0.25, 0.3) is 5.56 Å². The predicted octanol–water partition coefficient (Wildman–Crippen LogP) is 2.94. The monoisotopic (exact) mass is 328 g/mol. The molecule has 2 unspecified atom stereocenters. The van der Waals surface area contributed by atoms with Gasteiger partial charge in [0.2, 0.25) is 0 Å². The van der Waals surface area contributed by atoms with E-state index in [-0.39, 0.29) is 23.5 Å². The minimum Gasteiger partial charge on any atom is -0.465 e. The first-order valence-corrected chi connectivity index (χ1v) is 8.37. The Morgan fingerprint density at radius 1 is 1.38 bits per heavy atom. The average molecular weight is 328 g/mol. The number of aromatic nitrogens is 1. The summed E-state index contributed by atoms with van der Waals surface area (Å²) in [5.41, 5.74) is 1.94. The van der Waals surface area contributed by atoms with Crippen molar-refractivity contribution in [2.24, 2.45) is 11.8 Å². The van der Waals surface area contributed by atoms with Crippen molar-refractivity contribution in [3.63, 3.8) is 0 Å². The summed E-state index contributed by atoms with van der Waals surface area (Å²) in [5, 5.41) is 9.08. The number of allylic oxidation sites excluding steroid dienone is 2. The number of H-pyrrole nitrogens is 1. The van der Waals surface area contributed by atoms with Crippen LogP contribution in [0.15, 0.2) is 16.9 Å². The van der Waals surface area contributed by atoms with E-state index >= 15 is 0 Å². The van der Waals surface area contributed by atoms with Crippen molar-refractivity contribution in [3.05, 3.63) is 44.9 Å². The zero-order valence-corrected chi connectivity index (χ0v) is 14.5. The molecule has 1 heterocycles. The topological polar surface area (TPSA) is 83.0 Å². The molecule has 0 amide bonds. The Kier molecular flexibility index (Phi) is 5.97. The SMILES string of the molecule is Cc1[nH]c(=O)c(C#N)c(C)c1CCC(=O)OCC1CC=CCC1C. The summed E-state index contributed by atoms with van der Waals surface area (Å²) in [6.07, 6.45) is 7.02. The fourth-order valence-electron chi connectivity index (χ4n) is 3.16. The second-order valence-corrected chi connectivity index (χ2v) is 6.53. The van der Waals surface area contributed by atoms with Gasteiger partial charge in [0, 0.05) is 12.1 Å². The average Bonchev–Trinajstić information content (AvgIpc) is 2.54. The standard InChI is InChI=1S/C19H24N2O3/c1-12-6-4-5-7-15(12)11-24-18(22)9-8-16-13(2)17(10-20)19(23)21-14(16)3/h4-5,12,15H,6-9,11H2,1-3H3,(H,21,23). The van der Waals surface area contributed by atoms with Crippen LogP contribution >= 0.6 is 0 Å². The van der Waals surface area contributed by atoms with Crippen LogP contribution in [0.4, 0.5) is 0 Å². The molecule has 5 heteroatoms. The largest absolute Gasteiger partial charge is 0.465 e. The van der Waals surface area contributed by atoms with Crippen LogP contribution in [0, 0.1) is 37.0 Å². The number of hydrogen-bond donors (Lipinski definition) is 1. The Balaban J connectivity index is 1.94. The number of rotatable bonds is 5. The second kappa shape index (κ2) is 7.96. The van der Waals surface area contributed by atoms with E-state index in [4.69, 9.17) is 10.00 Å². The molecular weight excluding hydrogens is 304 g/mol. The Morgan fingerprint density at radius 2 is 2.08 bits per heavy atom. The maximum Gasteiger partial charge on any atom is 0.306 e. The van der Waals surface area contributed by atoms with Crippen LogP contribution in [0.5, 0.6) is 0 Å². The number of nitriles is 1. The quantitative estimate of drug-likeness (QED) is 0.665. The molecule has 2 rings (SSSR count). The number of carbonyl (C=O) groups is 1. The molecule has 0 aromatic carbocycles. The number of pyridine rings is 1. The van der Waals surface area contributed by atoms with Gasteiger partial charge in [0.05, 0.1) is 6.61 Å². The van der Waals surface area contributed by atoms with Gasteiger partial charge < -0.3 is 9.72 Å². The van der Waals surface area contributed by atoms with Gasteiger partial charge in [-0.3, -0.25) is 9.59 Å². The molecule has 0 fully saturated rings. The molecule has 1 aliphatic rings. The second-order valence-electron chi connectivity index (χ2n) is 6.53. The fraction of sp³-hybridized carbons (Fsp3) is 0.526. The van der Waals surface area contributed by atoms with Crippen molar-refractivity contribution in [2.45, 2.75) is 46.5 Å². The van der Waals surface area contributed by atoms with Crippen LogP contribution < -0.4 is 5.56 Å². The van der Waals surface area contributed by atoms with E-state index in [1.165, 1.54) is 0 Å². The van der Waals surface area contributed by atoms with E-state index in [0.717, 1.165) is 18.4 Å². The highest BCUT2D eigenvalue weighted by atomic mass is 16.5. The fourth-order valence-corrected chi connectivity index (χ4v) is 3.16. The molecule has 0 bridgehead atoms. The third-order valence-corrected chi connectivity index (χ3v) is 4.88. The van der Waals surface area contributed by atoms with Crippen LogP contribution in [0.2, 0.25) is 0 Å². The molecule has 1 aromatic rings. The molecule has 1 aliphatic carbocycles. The normalized spacial score (nSPS) is 19.8. The van der Waals surface area contributed by atoms with Crippen LogP contribution in [0.3, 0.4) is 0 Å². The lowest BCUT2D eigenvalue weighted by Gasteiger charge is -2.24. The zero-order chi connectivity index (χ0) is 17.7. The molecule has 5 nitrogen and oxygen atoms in total. The van der Waals surface area contributed by atoms with Crippen molar-refractivity contribution in [2.75, 3.05) is 6.61 Å². The lowest BCUT2D eigenvalue weighted by Crippen LogP contribution is -2.22. The molecule has 0 aliphatic heterocycles. The lowest BCUT2D eigenvalue weighted by atomic mass is 9.85. The van der Waals surface area contributed by atoms with Gasteiger partial charge >= 0.3 is 5.97 Å². The smallest absolute Gasteiger partial charge is 0.306 e. The maximum absolute atomic E-state index is 12.0. The van der Waals surface area contributed by atoms with Crippen LogP contribution in [0.1, 0.15) is 48.6 Å². The summed E-state index contributed by atoms with van der Waals surface area (Å²) in [5.74, 6) is 0.686. The molecule has 2 atom stereocenters. The third kappa shape index (κ3) is 4.14. The Labute approximate surface area is 142 Å². The van der Waals surface area contributed by atoms with Crippen molar-refractivity contribution in [1.82, 2.24) is 4.98 Å². The number of esters is 1. The molecule has 128 valence electrons. The number of carbonyl (C=O) groups excluding carboxylic acids is 1. The molecule has 24 heavy (non-hydrogen) atoms. The van der Waals surface area contributed by atoms with Crippen molar-refractivity contribution < 1.29 is 9.53 Å². The minimum absolute atomic E-state index is 0.117. The van der Waals surface area contributed by atoms with E-state index < -0.39 is 0 Å². The number of nitrogens with one attached hydrogen (secondary N) is 1. The summed E-state index contributed by atoms with van der Waals surface area (Å²) in [4.78, 5) is 26.4. The highest BCUT2D eigenvalue weighted by Crippen LogP contribution is 2.25. The first-order chi connectivity index (χ1) is 11.4. The van der Waals surface area contributed by atoms with E-state index in [1.807, 2.05) is 6.07 Å². The summed E-state index contributed by atoms with van der Waals surface area (Å²) >= 11 is 0. The zero-order valence-electron chi connectivity index (χ0n) is 14.5. The van der Waals surface area contributed by atoms with Crippen LogP contribution in [0.25, 0.3) is 0 Å². The van der Waals surface area contributed by atoms with Gasteiger partial charge in [0.15, 0.2) is 0 Å². The minimum atomic E-state index is -0.377. The molecule has 0 radical (unpaired) electrons. The molecular formula is C19H24N2O3. The Hall–Kier alpha value is -2.35. The lowest BCUT2D eigenvalue weighted by molar-refractivity contribution is -0.145. The van der Waals surface area contributed by atoms with Gasteiger partial charge in [-0.15, -0.1) is 0 Å². The van der Waals surface area contributed by atoms with Crippen LogP contribution in [-0.2, 0) is 16.0 Å². The van der Waals surface area contributed by atoms with Gasteiger partial charge in [-0.2, -0.15) is 5.26 Å². The molecule has 0 saturated carbocycles. The highest BCUT2D eigenvalue weighted by molar-refractivity contribution is 5.70. The van der Waals surface area contributed by atoms with Gasteiger partial charge in [-0.1, -0.05) is 19.1 Å². The van der Waals surface area contributed by atoms with Crippen molar-refractivity contribution >= 4 is 5.97 Å². The predicted molar refractivity (Wildman–Crippen MR) is 91.6 cm³/mol. The number of aromatic amines is 1. The molecule has 0 spiro atoms. The Bertz CT molecular complexity index is 740. The maximum atomic E-state index is 12.0. The Morgan fingerprint density at radius 3 is 2.75 bits per heavy atom. The van der Waals surface area contributed by atoms with E-state index in [1.54, 1.807) is 13.8 Å². The number of nitrogens with zero attached hydrogens (tertiary/aromatic N) is 1.